The number of methoxy groups -OCH3 is 1. The monoisotopic (exact) mass is 439 g/mol. The van der Waals surface area contributed by atoms with Crippen LogP contribution in [0, 0.1) is 0 Å². The fourth-order valence-electron chi connectivity index (χ4n) is 3.81. The Kier molecular flexibility index (Phi) is 6.23. The van der Waals surface area contributed by atoms with Gasteiger partial charge in [-0.1, -0.05) is 23.8 Å². The molecule has 8 heteroatoms. The fourth-order valence-corrected chi connectivity index (χ4v) is 3.81. The molecule has 0 bridgehead atoms. The Bertz CT molecular complexity index is 1090. The maximum Gasteiger partial charge on any atom is 0.335 e. The number of rotatable bonds is 8. The smallest absolute Gasteiger partial charge is 0.335 e. The SMILES string of the molecule is COc1c(O)c(Cc2cc[n-]c2)c2c(c1OCCCO)C(=[OH+])CC(c1ccc(O)cc1)O2. The van der Waals surface area contributed by atoms with Crippen LogP contribution in [0.3, 0.4) is 0 Å². The zero-order valence-electron chi connectivity index (χ0n) is 17.6. The summed E-state index contributed by atoms with van der Waals surface area (Å²) in [5.74, 6) is 0.567. The minimum atomic E-state index is -0.530. The zero-order chi connectivity index (χ0) is 22.7. The van der Waals surface area contributed by atoms with E-state index in [-0.39, 0.29) is 48.4 Å². The van der Waals surface area contributed by atoms with Gasteiger partial charge in [-0.15, -0.1) is 0 Å². The highest BCUT2D eigenvalue weighted by Crippen LogP contribution is 2.52. The van der Waals surface area contributed by atoms with Gasteiger partial charge in [-0.3, -0.25) is 4.79 Å². The summed E-state index contributed by atoms with van der Waals surface area (Å²) in [7, 11) is 1.41. The third-order valence-electron chi connectivity index (χ3n) is 5.38. The molecule has 1 aliphatic heterocycles. The van der Waals surface area contributed by atoms with Gasteiger partial charge in [0, 0.05) is 25.0 Å². The molecule has 0 fully saturated rings. The van der Waals surface area contributed by atoms with E-state index in [1.54, 1.807) is 36.7 Å². The highest BCUT2D eigenvalue weighted by atomic mass is 16.5. The summed E-state index contributed by atoms with van der Waals surface area (Å²) in [4.78, 5) is 15.1. The van der Waals surface area contributed by atoms with Gasteiger partial charge in [-0.25, -0.2) is 0 Å². The first-order valence-corrected chi connectivity index (χ1v) is 10.3. The van der Waals surface area contributed by atoms with E-state index in [2.05, 4.69) is 4.98 Å². The predicted molar refractivity (Wildman–Crippen MR) is 117 cm³/mol. The van der Waals surface area contributed by atoms with E-state index in [0.29, 0.717) is 29.7 Å². The van der Waals surface area contributed by atoms with Crippen LogP contribution in [0.1, 0.15) is 41.2 Å². The molecule has 0 saturated heterocycles. The summed E-state index contributed by atoms with van der Waals surface area (Å²) in [6.45, 7) is 0.104. The predicted octanol–water partition coefficient (Wildman–Crippen LogP) is 2.83. The standard InChI is InChI=1S/C24H24NO7/c1-30-24-21(29)17(11-14-7-8-25-13-14)22-20(23(24)31-10-2-9-26)18(28)12-19(32-22)15-3-5-16(27)6-4-15/h3-8,13,19,26-27H,2,9-12H2,1H3,(H,28,29)/q-1/p+1. The number of phenolic OH excluding ortho intramolecular Hbond substituents is 2. The molecule has 8 nitrogen and oxygen atoms in total. The van der Waals surface area contributed by atoms with E-state index >= 15 is 0 Å². The Morgan fingerprint density at radius 2 is 1.94 bits per heavy atom. The fraction of sp³-hybridized carbons (Fsp3) is 0.292. The van der Waals surface area contributed by atoms with Crippen molar-refractivity contribution in [3.05, 3.63) is 65.0 Å². The highest BCUT2D eigenvalue weighted by molar-refractivity contribution is 6.05. The number of benzene rings is 2. The third-order valence-corrected chi connectivity index (χ3v) is 5.38. The van der Waals surface area contributed by atoms with Gasteiger partial charge in [-0.2, -0.15) is 12.4 Å². The third kappa shape index (κ3) is 4.09. The van der Waals surface area contributed by atoms with Gasteiger partial charge in [0.2, 0.25) is 5.75 Å². The largest absolute Gasteiger partial charge is 0.670 e. The van der Waals surface area contributed by atoms with Crippen LogP contribution in [-0.4, -0.2) is 46.2 Å². The van der Waals surface area contributed by atoms with Gasteiger partial charge in [0.15, 0.2) is 17.1 Å². The number of fused-ring (bicyclic) bond motifs is 1. The zero-order valence-corrected chi connectivity index (χ0v) is 17.6. The van der Waals surface area contributed by atoms with Crippen molar-refractivity contribution in [3.8, 4) is 28.7 Å². The van der Waals surface area contributed by atoms with Gasteiger partial charge in [0.25, 0.3) is 0 Å². The van der Waals surface area contributed by atoms with Crippen molar-refractivity contribution >= 4 is 5.78 Å². The number of ketones is 1. The first-order valence-electron chi connectivity index (χ1n) is 10.3. The summed E-state index contributed by atoms with van der Waals surface area (Å²) < 4.78 is 17.6. The molecule has 1 aliphatic rings. The average molecular weight is 439 g/mol. The Morgan fingerprint density at radius 3 is 2.59 bits per heavy atom. The summed E-state index contributed by atoms with van der Waals surface area (Å²) in [5, 5.41) is 29.8. The number of aromatic nitrogens is 1. The van der Waals surface area contributed by atoms with Crippen LogP contribution in [0.5, 0.6) is 28.7 Å². The average Bonchev–Trinajstić information content (AvgIpc) is 3.30. The summed E-state index contributed by atoms with van der Waals surface area (Å²) in [6.07, 6.45) is 3.66. The van der Waals surface area contributed by atoms with E-state index in [1.165, 1.54) is 7.11 Å². The highest BCUT2D eigenvalue weighted by Gasteiger charge is 2.40. The summed E-state index contributed by atoms with van der Waals surface area (Å²) in [6, 6.07) is 8.38. The Balaban J connectivity index is 1.84. The maximum atomic E-state index is 11.1. The van der Waals surface area contributed by atoms with Crippen LogP contribution >= 0.6 is 0 Å². The lowest BCUT2D eigenvalue weighted by molar-refractivity contribution is 0.192. The van der Waals surface area contributed by atoms with E-state index in [9.17, 15) is 15.0 Å². The molecule has 1 aromatic heterocycles. The van der Waals surface area contributed by atoms with Gasteiger partial charge in [0.1, 0.15) is 24.0 Å². The molecule has 0 radical (unpaired) electrons. The minimum Gasteiger partial charge on any atom is -0.670 e. The number of nitrogens with zero attached hydrogens (tertiary/aromatic N) is 1. The second-order valence-electron chi connectivity index (χ2n) is 7.51. The maximum absolute atomic E-state index is 11.1. The molecule has 2 aromatic carbocycles. The lowest BCUT2D eigenvalue weighted by atomic mass is 9.91. The summed E-state index contributed by atoms with van der Waals surface area (Å²) >= 11 is 0. The van der Waals surface area contributed by atoms with Crippen molar-refractivity contribution in [1.29, 1.82) is 0 Å². The topological polar surface area (TPSA) is 124 Å². The van der Waals surface area contributed by atoms with E-state index in [0.717, 1.165) is 11.1 Å². The lowest BCUT2D eigenvalue weighted by Crippen LogP contribution is -2.24. The molecule has 0 aliphatic carbocycles. The van der Waals surface area contributed by atoms with Gasteiger partial charge >= 0.3 is 5.78 Å². The number of aliphatic hydroxyl groups excluding tert-OH is 1. The van der Waals surface area contributed by atoms with Crippen LogP contribution < -0.4 is 19.2 Å². The van der Waals surface area contributed by atoms with E-state index < -0.39 is 6.10 Å². The van der Waals surface area contributed by atoms with Crippen molar-refractivity contribution in [1.82, 2.24) is 4.98 Å². The lowest BCUT2D eigenvalue weighted by Gasteiger charge is -2.28. The molecule has 1 atom stereocenters. The number of carbonyl (C=O) groups excluding carboxylic acids is 1. The van der Waals surface area contributed by atoms with Gasteiger partial charge in [-0.05, 0) is 17.7 Å². The molecule has 0 saturated carbocycles. The first kappa shape index (κ1) is 21.6. The summed E-state index contributed by atoms with van der Waals surface area (Å²) in [5.41, 5.74) is 2.38. The molecule has 168 valence electrons. The molecule has 32 heavy (non-hydrogen) atoms. The second kappa shape index (κ2) is 9.23. The van der Waals surface area contributed by atoms with Gasteiger partial charge in [0.05, 0.1) is 13.7 Å². The molecule has 3 aromatic rings. The normalized spacial score (nSPS) is 15.2. The van der Waals surface area contributed by atoms with Crippen LogP contribution in [0.25, 0.3) is 0 Å². The quantitative estimate of drug-likeness (QED) is 0.364. The molecule has 4 N–H and O–H groups in total. The number of hydrogen-bond acceptors (Lipinski definition) is 6. The van der Waals surface area contributed by atoms with E-state index in [1.807, 2.05) is 6.07 Å². The minimum absolute atomic E-state index is 0.0310. The Morgan fingerprint density at radius 1 is 1.16 bits per heavy atom. The molecule has 2 heterocycles. The molecule has 0 spiro atoms. The molecular weight excluding hydrogens is 414 g/mol. The van der Waals surface area contributed by atoms with Crippen molar-refractivity contribution < 1.29 is 34.3 Å². The van der Waals surface area contributed by atoms with Crippen molar-refractivity contribution in [3.63, 3.8) is 0 Å². The van der Waals surface area contributed by atoms with Crippen LogP contribution in [0.15, 0.2) is 42.7 Å². The number of aromatic hydroxyl groups is 2. The van der Waals surface area contributed by atoms with Gasteiger partial charge < -0.3 is 34.5 Å². The Hall–Kier alpha value is -3.65. The first-order chi connectivity index (χ1) is 15.5. The molecule has 4 rings (SSSR count). The second-order valence-corrected chi connectivity index (χ2v) is 7.51. The number of ether oxygens (including phenoxy) is 3. The van der Waals surface area contributed by atoms with E-state index in [4.69, 9.17) is 19.3 Å². The van der Waals surface area contributed by atoms with Crippen LogP contribution in [0.2, 0.25) is 0 Å². The number of hydrogen-bond donors (Lipinski definition) is 3. The Labute approximate surface area is 185 Å². The van der Waals surface area contributed by atoms with Crippen molar-refractivity contribution in [2.24, 2.45) is 0 Å². The number of phenols is 2. The molecule has 0 amide bonds. The molecular formula is C24H25NO7. The van der Waals surface area contributed by atoms with Crippen LogP contribution in [0.4, 0.5) is 0 Å². The van der Waals surface area contributed by atoms with Crippen molar-refractivity contribution in [2.45, 2.75) is 25.4 Å². The number of aliphatic hydroxyl groups is 1. The molecule has 1 unspecified atom stereocenters. The van der Waals surface area contributed by atoms with Crippen LogP contribution in [-0.2, 0) is 6.42 Å². The van der Waals surface area contributed by atoms with Crippen molar-refractivity contribution in [2.75, 3.05) is 20.3 Å².